The van der Waals surface area contributed by atoms with Crippen LogP contribution in [0.15, 0.2) is 18.3 Å². The van der Waals surface area contributed by atoms with Gasteiger partial charge >= 0.3 is 0 Å². The van der Waals surface area contributed by atoms with E-state index in [2.05, 4.69) is 36.8 Å². The third-order valence-corrected chi connectivity index (χ3v) is 2.15. The fourth-order valence-electron chi connectivity index (χ4n) is 0.659. The van der Waals surface area contributed by atoms with Crippen LogP contribution in [-0.2, 0) is 6.42 Å². The zero-order valence-electron chi connectivity index (χ0n) is 6.03. The van der Waals surface area contributed by atoms with Gasteiger partial charge in [0.05, 0.1) is 23.6 Å². The minimum atomic E-state index is 0.906. The fraction of sp³-hybridized carbons (Fsp3) is 0.429. The molecule has 4 heteroatoms. The molecule has 2 nitrogen and oxygen atoms in total. The Labute approximate surface area is 78.8 Å². The van der Waals surface area contributed by atoms with E-state index in [1.165, 1.54) is 11.7 Å². The zero-order chi connectivity index (χ0) is 7.94. The molecule has 0 radical (unpaired) electrons. The van der Waals surface area contributed by atoms with Crippen molar-refractivity contribution in [2.24, 2.45) is 0 Å². The highest BCUT2D eigenvalue weighted by Crippen LogP contribution is 1.98. The molecule has 60 valence electrons. The molecule has 0 aliphatic heterocycles. The molecule has 0 N–H and O–H groups in total. The SMILES string of the molecule is BrCC/C=C/Cc1cnsn1. The van der Waals surface area contributed by atoms with E-state index in [4.69, 9.17) is 0 Å². The van der Waals surface area contributed by atoms with Crippen molar-refractivity contribution in [3.8, 4) is 0 Å². The van der Waals surface area contributed by atoms with Crippen LogP contribution in [0.25, 0.3) is 0 Å². The Morgan fingerprint density at radius 2 is 2.45 bits per heavy atom. The molecule has 0 aliphatic carbocycles. The Morgan fingerprint density at radius 1 is 1.55 bits per heavy atom. The molecule has 11 heavy (non-hydrogen) atoms. The van der Waals surface area contributed by atoms with E-state index in [1.807, 2.05) is 6.20 Å². The van der Waals surface area contributed by atoms with E-state index < -0.39 is 0 Å². The van der Waals surface area contributed by atoms with Crippen molar-refractivity contribution in [3.63, 3.8) is 0 Å². The first-order chi connectivity index (χ1) is 5.43. The molecule has 1 aromatic heterocycles. The molecule has 1 aromatic rings. The van der Waals surface area contributed by atoms with E-state index in [1.54, 1.807) is 0 Å². The number of aromatic nitrogens is 2. The molecule has 0 aliphatic rings. The Bertz CT molecular complexity index is 208. The summed E-state index contributed by atoms with van der Waals surface area (Å²) in [5, 5.41) is 1.03. The lowest BCUT2D eigenvalue weighted by molar-refractivity contribution is 1.15. The number of hydrogen-bond donors (Lipinski definition) is 0. The molecule has 0 amide bonds. The summed E-state index contributed by atoms with van der Waals surface area (Å²) in [6.45, 7) is 0. The third-order valence-electron chi connectivity index (χ3n) is 1.18. The molecule has 1 rings (SSSR count). The minimum Gasteiger partial charge on any atom is -0.181 e. The van der Waals surface area contributed by atoms with Crippen LogP contribution in [0.1, 0.15) is 12.1 Å². The highest BCUT2D eigenvalue weighted by Gasteiger charge is 1.89. The summed E-state index contributed by atoms with van der Waals surface area (Å²) in [7, 11) is 0. The zero-order valence-corrected chi connectivity index (χ0v) is 8.44. The van der Waals surface area contributed by atoms with Crippen LogP contribution >= 0.6 is 27.7 Å². The van der Waals surface area contributed by atoms with Gasteiger partial charge in [0.15, 0.2) is 0 Å². The summed E-state index contributed by atoms with van der Waals surface area (Å²) >= 11 is 4.61. The second-order valence-corrected chi connectivity index (χ2v) is 3.40. The summed E-state index contributed by atoms with van der Waals surface area (Å²) in [4.78, 5) is 0. The van der Waals surface area contributed by atoms with Gasteiger partial charge in [-0.15, -0.1) is 0 Å². The molecule has 0 saturated carbocycles. The summed E-state index contributed by atoms with van der Waals surface area (Å²) in [5.74, 6) is 0. The first-order valence-electron chi connectivity index (χ1n) is 3.41. The normalized spacial score (nSPS) is 11.0. The van der Waals surface area contributed by atoms with Crippen molar-refractivity contribution in [2.45, 2.75) is 12.8 Å². The van der Waals surface area contributed by atoms with Crippen LogP contribution in [-0.4, -0.2) is 14.1 Å². The lowest BCUT2D eigenvalue weighted by Gasteiger charge is -1.84. The predicted molar refractivity (Wildman–Crippen MR) is 51.2 cm³/mol. The van der Waals surface area contributed by atoms with Crippen LogP contribution in [0, 0.1) is 0 Å². The Hall–Kier alpha value is -0.220. The van der Waals surface area contributed by atoms with Crippen molar-refractivity contribution in [1.82, 2.24) is 8.75 Å². The van der Waals surface area contributed by atoms with E-state index in [0.29, 0.717) is 0 Å². The topological polar surface area (TPSA) is 25.8 Å². The van der Waals surface area contributed by atoms with Crippen molar-refractivity contribution in [2.75, 3.05) is 5.33 Å². The van der Waals surface area contributed by atoms with Crippen LogP contribution in [0.2, 0.25) is 0 Å². The average molecular weight is 233 g/mol. The van der Waals surface area contributed by atoms with Gasteiger partial charge in [-0.3, -0.25) is 0 Å². The third kappa shape index (κ3) is 3.62. The highest BCUT2D eigenvalue weighted by molar-refractivity contribution is 9.09. The fourth-order valence-corrected chi connectivity index (χ4v) is 1.37. The number of halogens is 1. The van der Waals surface area contributed by atoms with Crippen LogP contribution < -0.4 is 0 Å². The molecule has 0 aromatic carbocycles. The van der Waals surface area contributed by atoms with E-state index >= 15 is 0 Å². The van der Waals surface area contributed by atoms with Crippen molar-refractivity contribution in [1.29, 1.82) is 0 Å². The summed E-state index contributed by atoms with van der Waals surface area (Å²) in [6, 6.07) is 0. The van der Waals surface area contributed by atoms with Crippen LogP contribution in [0.4, 0.5) is 0 Å². The molecular weight excluding hydrogens is 224 g/mol. The number of alkyl halides is 1. The van der Waals surface area contributed by atoms with Gasteiger partial charge < -0.3 is 0 Å². The van der Waals surface area contributed by atoms with Crippen molar-refractivity contribution in [3.05, 3.63) is 24.0 Å². The molecule has 0 unspecified atom stereocenters. The summed E-state index contributed by atoms with van der Waals surface area (Å²) in [5.41, 5.74) is 1.06. The lowest BCUT2D eigenvalue weighted by Crippen LogP contribution is -1.78. The molecule has 0 saturated heterocycles. The van der Waals surface area contributed by atoms with E-state index in [0.717, 1.165) is 23.9 Å². The molecule has 1 heterocycles. The molecule has 0 bridgehead atoms. The second-order valence-electron chi connectivity index (χ2n) is 2.05. The first-order valence-corrected chi connectivity index (χ1v) is 5.26. The van der Waals surface area contributed by atoms with Crippen LogP contribution in [0.5, 0.6) is 0 Å². The maximum atomic E-state index is 4.08. The molecule has 0 spiro atoms. The highest BCUT2D eigenvalue weighted by atomic mass is 79.9. The smallest absolute Gasteiger partial charge is 0.0780 e. The number of allylic oxidation sites excluding steroid dienone is 2. The van der Waals surface area contributed by atoms with Crippen molar-refractivity contribution >= 4 is 27.7 Å². The van der Waals surface area contributed by atoms with Crippen LogP contribution in [0.3, 0.4) is 0 Å². The van der Waals surface area contributed by atoms with Gasteiger partial charge in [0.1, 0.15) is 0 Å². The second kappa shape index (κ2) is 5.43. The lowest BCUT2D eigenvalue weighted by atomic mass is 10.3. The maximum absolute atomic E-state index is 4.08. The predicted octanol–water partition coefficient (Wildman–Crippen LogP) is 2.42. The summed E-state index contributed by atoms with van der Waals surface area (Å²) in [6.07, 6.45) is 8.07. The van der Waals surface area contributed by atoms with Gasteiger partial charge in [-0.1, -0.05) is 28.1 Å². The summed E-state index contributed by atoms with van der Waals surface area (Å²) < 4.78 is 7.99. The van der Waals surface area contributed by atoms with Gasteiger partial charge in [0, 0.05) is 11.8 Å². The minimum absolute atomic E-state index is 0.906. The number of rotatable bonds is 4. The van der Waals surface area contributed by atoms with Gasteiger partial charge in [0.25, 0.3) is 0 Å². The van der Waals surface area contributed by atoms with Gasteiger partial charge in [0.2, 0.25) is 0 Å². The van der Waals surface area contributed by atoms with E-state index in [-0.39, 0.29) is 0 Å². The molecular formula is C7H9BrN2S. The molecule has 0 fully saturated rings. The largest absolute Gasteiger partial charge is 0.181 e. The van der Waals surface area contributed by atoms with Gasteiger partial charge in [-0.25, -0.2) is 0 Å². The quantitative estimate of drug-likeness (QED) is 0.589. The number of nitrogens with zero attached hydrogens (tertiary/aromatic N) is 2. The average Bonchev–Trinajstić information content (AvgIpc) is 2.50. The number of hydrogen-bond acceptors (Lipinski definition) is 3. The molecule has 0 atom stereocenters. The monoisotopic (exact) mass is 232 g/mol. The van der Waals surface area contributed by atoms with E-state index in [9.17, 15) is 0 Å². The van der Waals surface area contributed by atoms with Gasteiger partial charge in [-0.2, -0.15) is 8.75 Å². The first kappa shape index (κ1) is 8.87. The Kier molecular flexibility index (Phi) is 4.38. The standard InChI is InChI=1S/C7H9BrN2S/c8-5-3-1-2-4-7-6-9-11-10-7/h1-2,6H,3-5H2/b2-1+. The maximum Gasteiger partial charge on any atom is 0.0780 e. The van der Waals surface area contributed by atoms with Crippen molar-refractivity contribution < 1.29 is 0 Å². The Morgan fingerprint density at radius 3 is 3.09 bits per heavy atom. The Balaban J connectivity index is 2.23. The van der Waals surface area contributed by atoms with Gasteiger partial charge in [-0.05, 0) is 6.42 Å².